The van der Waals surface area contributed by atoms with Crippen LogP contribution in [-0.2, 0) is 21.4 Å². The molecule has 3 aliphatic rings. The van der Waals surface area contributed by atoms with Crippen molar-refractivity contribution < 1.29 is 19.4 Å². The van der Waals surface area contributed by atoms with Crippen molar-refractivity contribution in [2.75, 3.05) is 14.2 Å². The molecule has 1 aromatic rings. The zero-order valence-electron chi connectivity index (χ0n) is 13.6. The number of Topliss-reactive ketones (excluding diaryl/α,β-unsaturated/α-hetero) is 1. The standard InChI is InChI=1S/C19H22O4/c1-22-15-6-5-12-8-11-4-3-7-19(17(12)18(15)21)10-14(20)16(23-2)9-13(11)19/h5-6,9,11,13,21H,3-4,7-8,10H2,1-2H3/t11-,13+,19?/m0/s1. The largest absolute Gasteiger partial charge is 0.504 e. The van der Waals surface area contributed by atoms with E-state index in [1.165, 1.54) is 12.0 Å². The number of hydrogen-bond acceptors (Lipinski definition) is 4. The van der Waals surface area contributed by atoms with Crippen molar-refractivity contribution in [1.82, 2.24) is 0 Å². The van der Waals surface area contributed by atoms with Gasteiger partial charge in [0, 0.05) is 17.4 Å². The molecule has 3 aliphatic carbocycles. The predicted octanol–water partition coefficient (Wildman–Crippen LogP) is 3.11. The van der Waals surface area contributed by atoms with Gasteiger partial charge in [0.1, 0.15) is 0 Å². The predicted molar refractivity (Wildman–Crippen MR) is 85.6 cm³/mol. The third-order valence-electron chi connectivity index (χ3n) is 6.07. The van der Waals surface area contributed by atoms with Gasteiger partial charge in [0.15, 0.2) is 23.0 Å². The molecule has 1 unspecified atom stereocenters. The van der Waals surface area contributed by atoms with E-state index in [4.69, 9.17) is 9.47 Å². The van der Waals surface area contributed by atoms with E-state index in [0.717, 1.165) is 24.8 Å². The Labute approximate surface area is 136 Å². The molecule has 1 N–H and O–H groups in total. The second kappa shape index (κ2) is 5.02. The van der Waals surface area contributed by atoms with E-state index in [1.54, 1.807) is 14.2 Å². The minimum atomic E-state index is -0.297. The number of fused-ring (bicyclic) bond motifs is 1. The molecule has 23 heavy (non-hydrogen) atoms. The first-order valence-electron chi connectivity index (χ1n) is 8.29. The highest BCUT2D eigenvalue weighted by molar-refractivity contribution is 5.96. The van der Waals surface area contributed by atoms with Crippen molar-refractivity contribution in [3.05, 3.63) is 35.1 Å². The molecule has 0 saturated heterocycles. The summed E-state index contributed by atoms with van der Waals surface area (Å²) in [7, 11) is 3.13. The second-order valence-electron chi connectivity index (χ2n) is 7.02. The Balaban J connectivity index is 1.96. The van der Waals surface area contributed by atoms with Gasteiger partial charge in [0.25, 0.3) is 0 Å². The summed E-state index contributed by atoms with van der Waals surface area (Å²) in [6.45, 7) is 0. The number of phenolic OH excluding ortho intramolecular Hbond substituents is 1. The third-order valence-corrected chi connectivity index (χ3v) is 6.07. The number of allylic oxidation sites excluding steroid dienone is 2. The number of carbonyl (C=O) groups excluding carboxylic acids is 1. The quantitative estimate of drug-likeness (QED) is 0.911. The number of carbonyl (C=O) groups is 1. The molecule has 0 radical (unpaired) electrons. The SMILES string of the molecule is COC1=C[C@@H]2[C@H]3CCCC2(CC1=O)c1c(ccc(OC)c1O)C3. The number of hydrogen-bond donors (Lipinski definition) is 1. The van der Waals surface area contributed by atoms with Crippen LogP contribution in [0.15, 0.2) is 24.0 Å². The summed E-state index contributed by atoms with van der Waals surface area (Å²) in [5.74, 6) is 2.02. The lowest BCUT2D eigenvalue weighted by atomic mass is 9.50. The maximum absolute atomic E-state index is 12.5. The maximum atomic E-state index is 12.5. The van der Waals surface area contributed by atoms with Gasteiger partial charge in [-0.1, -0.05) is 12.5 Å². The molecular weight excluding hydrogens is 292 g/mol. The van der Waals surface area contributed by atoms with Crippen LogP contribution >= 0.6 is 0 Å². The molecule has 0 spiro atoms. The van der Waals surface area contributed by atoms with Gasteiger partial charge in [-0.3, -0.25) is 4.79 Å². The molecule has 4 heteroatoms. The molecule has 1 aromatic carbocycles. The van der Waals surface area contributed by atoms with Gasteiger partial charge >= 0.3 is 0 Å². The molecule has 4 rings (SSSR count). The van der Waals surface area contributed by atoms with Crippen LogP contribution in [0.1, 0.15) is 36.8 Å². The lowest BCUT2D eigenvalue weighted by molar-refractivity contribution is -0.122. The van der Waals surface area contributed by atoms with Crippen molar-refractivity contribution >= 4 is 5.78 Å². The summed E-state index contributed by atoms with van der Waals surface area (Å²) >= 11 is 0. The second-order valence-corrected chi connectivity index (χ2v) is 7.02. The Bertz CT molecular complexity index is 706. The molecule has 122 valence electrons. The van der Waals surface area contributed by atoms with Gasteiger partial charge in [0.05, 0.1) is 14.2 Å². The van der Waals surface area contributed by atoms with Gasteiger partial charge in [-0.15, -0.1) is 0 Å². The minimum Gasteiger partial charge on any atom is -0.504 e. The van der Waals surface area contributed by atoms with Gasteiger partial charge < -0.3 is 14.6 Å². The Morgan fingerprint density at radius 3 is 2.83 bits per heavy atom. The fraction of sp³-hybridized carbons (Fsp3) is 0.526. The molecule has 0 amide bonds. The molecule has 4 nitrogen and oxygen atoms in total. The van der Waals surface area contributed by atoms with E-state index in [2.05, 4.69) is 6.07 Å². The van der Waals surface area contributed by atoms with Crippen LogP contribution in [0.4, 0.5) is 0 Å². The summed E-state index contributed by atoms with van der Waals surface area (Å²) in [4.78, 5) is 12.5. The number of phenols is 1. The Kier molecular flexibility index (Phi) is 3.19. The summed E-state index contributed by atoms with van der Waals surface area (Å²) in [6, 6.07) is 3.89. The van der Waals surface area contributed by atoms with E-state index in [9.17, 15) is 9.90 Å². The normalized spacial score (nSPS) is 31.7. The first kappa shape index (κ1) is 14.6. The number of aromatic hydroxyl groups is 1. The lowest BCUT2D eigenvalue weighted by Gasteiger charge is -2.53. The molecule has 1 saturated carbocycles. The van der Waals surface area contributed by atoms with Crippen molar-refractivity contribution in [3.8, 4) is 11.5 Å². The van der Waals surface area contributed by atoms with Crippen LogP contribution in [0.25, 0.3) is 0 Å². The fourth-order valence-electron chi connectivity index (χ4n) is 5.19. The maximum Gasteiger partial charge on any atom is 0.197 e. The molecule has 0 heterocycles. The van der Waals surface area contributed by atoms with Crippen molar-refractivity contribution in [1.29, 1.82) is 0 Å². The van der Waals surface area contributed by atoms with Crippen LogP contribution in [0, 0.1) is 11.8 Å². The third kappa shape index (κ3) is 1.87. The highest BCUT2D eigenvalue weighted by Crippen LogP contribution is 2.60. The van der Waals surface area contributed by atoms with Gasteiger partial charge in [-0.25, -0.2) is 0 Å². The number of methoxy groups -OCH3 is 2. The molecule has 0 aliphatic heterocycles. The van der Waals surface area contributed by atoms with Crippen LogP contribution in [0.2, 0.25) is 0 Å². The Morgan fingerprint density at radius 1 is 1.26 bits per heavy atom. The summed E-state index contributed by atoms with van der Waals surface area (Å²) in [5.41, 5.74) is 1.82. The first-order chi connectivity index (χ1) is 11.1. The first-order valence-corrected chi connectivity index (χ1v) is 8.29. The van der Waals surface area contributed by atoms with Crippen LogP contribution in [0.5, 0.6) is 11.5 Å². The van der Waals surface area contributed by atoms with Gasteiger partial charge in [-0.05, 0) is 48.8 Å². The average molecular weight is 314 g/mol. The van der Waals surface area contributed by atoms with E-state index in [0.29, 0.717) is 23.8 Å². The van der Waals surface area contributed by atoms with Crippen molar-refractivity contribution in [2.45, 2.75) is 37.5 Å². The van der Waals surface area contributed by atoms with Crippen molar-refractivity contribution in [3.63, 3.8) is 0 Å². The lowest BCUT2D eigenvalue weighted by Crippen LogP contribution is -2.50. The fourth-order valence-corrected chi connectivity index (χ4v) is 5.19. The molecule has 2 bridgehead atoms. The van der Waals surface area contributed by atoms with Crippen molar-refractivity contribution in [2.24, 2.45) is 11.8 Å². The van der Waals surface area contributed by atoms with E-state index in [1.807, 2.05) is 12.1 Å². The summed E-state index contributed by atoms with van der Waals surface area (Å²) in [6.07, 6.45) is 6.59. The van der Waals surface area contributed by atoms with Crippen LogP contribution < -0.4 is 4.74 Å². The monoisotopic (exact) mass is 314 g/mol. The number of ketones is 1. The van der Waals surface area contributed by atoms with Gasteiger partial charge in [0.2, 0.25) is 0 Å². The number of ether oxygens (including phenoxy) is 2. The number of rotatable bonds is 2. The topological polar surface area (TPSA) is 55.8 Å². The molecule has 1 fully saturated rings. The highest BCUT2D eigenvalue weighted by atomic mass is 16.5. The smallest absolute Gasteiger partial charge is 0.197 e. The summed E-state index contributed by atoms with van der Waals surface area (Å²) in [5, 5.41) is 10.8. The zero-order valence-corrected chi connectivity index (χ0v) is 13.6. The minimum absolute atomic E-state index is 0.0412. The van der Waals surface area contributed by atoms with Gasteiger partial charge in [-0.2, -0.15) is 0 Å². The Morgan fingerprint density at radius 2 is 2.09 bits per heavy atom. The molecular formula is C19H22O4. The van der Waals surface area contributed by atoms with Crippen LogP contribution in [0.3, 0.4) is 0 Å². The highest BCUT2D eigenvalue weighted by Gasteiger charge is 2.55. The Hall–Kier alpha value is -1.97. The zero-order chi connectivity index (χ0) is 16.2. The molecule has 3 atom stereocenters. The summed E-state index contributed by atoms with van der Waals surface area (Å²) < 4.78 is 10.6. The van der Waals surface area contributed by atoms with E-state index in [-0.39, 0.29) is 22.9 Å². The molecule has 0 aromatic heterocycles. The average Bonchev–Trinajstić information content (AvgIpc) is 2.53. The van der Waals surface area contributed by atoms with Crippen LogP contribution in [-0.4, -0.2) is 25.1 Å². The van der Waals surface area contributed by atoms with E-state index < -0.39 is 0 Å². The van der Waals surface area contributed by atoms with E-state index >= 15 is 0 Å². The number of benzene rings is 1.